The summed E-state index contributed by atoms with van der Waals surface area (Å²) in [4.78, 5) is 12.2. The van der Waals surface area contributed by atoms with Crippen LogP contribution < -0.4 is 4.74 Å². The summed E-state index contributed by atoms with van der Waals surface area (Å²) in [5, 5.41) is 11.4. The van der Waals surface area contributed by atoms with Crippen LogP contribution in [0.25, 0.3) is 10.8 Å². The summed E-state index contributed by atoms with van der Waals surface area (Å²) in [6.45, 7) is 11.9. The highest BCUT2D eigenvalue weighted by Crippen LogP contribution is 2.25. The zero-order valence-electron chi connectivity index (χ0n) is 20.8. The summed E-state index contributed by atoms with van der Waals surface area (Å²) in [7, 11) is 0. The molecule has 35 heavy (non-hydrogen) atoms. The van der Waals surface area contributed by atoms with Crippen molar-refractivity contribution in [2.45, 2.75) is 33.6 Å². The van der Waals surface area contributed by atoms with Crippen molar-refractivity contribution < 1.29 is 14.6 Å². The Morgan fingerprint density at radius 3 is 2.03 bits per heavy atom. The highest BCUT2D eigenvalue weighted by Gasteiger charge is 2.09. The summed E-state index contributed by atoms with van der Waals surface area (Å²) in [5.41, 5.74) is 3.93. The molecule has 0 aromatic heterocycles. The van der Waals surface area contributed by atoms with Crippen LogP contribution in [0.5, 0.6) is 11.5 Å². The molecular weight excluding hydrogens is 432 g/mol. The summed E-state index contributed by atoms with van der Waals surface area (Å²) >= 11 is 0. The van der Waals surface area contributed by atoms with Gasteiger partial charge in [0.15, 0.2) is 5.78 Å². The number of aromatic hydroxyl groups is 1. The lowest BCUT2D eigenvalue weighted by molar-refractivity contribution is 0.103. The maximum absolute atomic E-state index is 12.2. The van der Waals surface area contributed by atoms with Gasteiger partial charge in [0, 0.05) is 11.1 Å². The van der Waals surface area contributed by atoms with Gasteiger partial charge in [-0.1, -0.05) is 86.7 Å². The first-order chi connectivity index (χ1) is 16.8. The van der Waals surface area contributed by atoms with Crippen LogP contribution in [0.1, 0.15) is 53.7 Å². The van der Waals surface area contributed by atoms with Crippen LogP contribution in [0, 0.1) is 6.92 Å². The molecule has 3 nitrogen and oxygen atoms in total. The number of hydrogen-bond donors (Lipinski definition) is 1. The molecule has 0 atom stereocenters. The highest BCUT2D eigenvalue weighted by atomic mass is 16.5. The standard InChI is InChI=1S/C17H18O.C15H14O2/c1-12(2)14-8-10-16(11-9-14)17(18)15-6-4-13(3)5-7-15;1-3-14(4-2)17-15-8-6-11-5-7-13(16)9-12(11)10-15/h4-12H,1-3H3;3-10,16H,1H2,2H3/b;14-4+. The SMILES string of the molecule is C=C/C(=C\C)Oc1ccc2ccc(O)cc2c1.Cc1ccc(C(=O)c2ccc(C(C)C)cc2)cc1. The topological polar surface area (TPSA) is 46.5 Å². The van der Waals surface area contributed by atoms with Crippen molar-refractivity contribution in [3.8, 4) is 11.5 Å². The van der Waals surface area contributed by atoms with Gasteiger partial charge in [0.25, 0.3) is 0 Å². The minimum Gasteiger partial charge on any atom is -0.508 e. The quantitative estimate of drug-likeness (QED) is 0.177. The molecule has 0 aliphatic heterocycles. The van der Waals surface area contributed by atoms with Gasteiger partial charge in [-0.15, -0.1) is 0 Å². The Hall–Kier alpha value is -4.11. The molecule has 0 amide bonds. The van der Waals surface area contributed by atoms with Crippen molar-refractivity contribution in [1.82, 2.24) is 0 Å². The number of ether oxygens (including phenoxy) is 1. The third kappa shape index (κ3) is 6.94. The molecule has 0 fully saturated rings. The third-order valence-corrected chi connectivity index (χ3v) is 5.67. The van der Waals surface area contributed by atoms with E-state index in [0.717, 1.165) is 27.6 Å². The molecule has 0 aliphatic carbocycles. The van der Waals surface area contributed by atoms with Gasteiger partial charge in [0.1, 0.15) is 17.3 Å². The average molecular weight is 465 g/mol. The normalized spacial score (nSPS) is 11.1. The Morgan fingerprint density at radius 2 is 1.46 bits per heavy atom. The van der Waals surface area contributed by atoms with Crippen molar-refractivity contribution in [2.75, 3.05) is 0 Å². The highest BCUT2D eigenvalue weighted by molar-refractivity contribution is 6.09. The van der Waals surface area contributed by atoms with Crippen molar-refractivity contribution in [1.29, 1.82) is 0 Å². The monoisotopic (exact) mass is 464 g/mol. The van der Waals surface area contributed by atoms with Crippen LogP contribution in [-0.4, -0.2) is 10.9 Å². The number of fused-ring (bicyclic) bond motifs is 1. The number of carbonyl (C=O) groups excluding carboxylic acids is 1. The summed E-state index contributed by atoms with van der Waals surface area (Å²) in [5.74, 6) is 2.28. The first kappa shape index (κ1) is 25.5. The summed E-state index contributed by atoms with van der Waals surface area (Å²) in [6.07, 6.45) is 3.51. The van der Waals surface area contributed by atoms with Gasteiger partial charge >= 0.3 is 0 Å². The Labute approximate surface area is 208 Å². The van der Waals surface area contributed by atoms with E-state index in [9.17, 15) is 9.90 Å². The van der Waals surface area contributed by atoms with Crippen LogP contribution in [0.15, 0.2) is 109 Å². The van der Waals surface area contributed by atoms with E-state index in [-0.39, 0.29) is 11.5 Å². The largest absolute Gasteiger partial charge is 0.508 e. The lowest BCUT2D eigenvalue weighted by Gasteiger charge is -2.07. The van der Waals surface area contributed by atoms with E-state index in [2.05, 4.69) is 20.4 Å². The number of aryl methyl sites for hydroxylation is 1. The van der Waals surface area contributed by atoms with Gasteiger partial charge in [0.05, 0.1) is 0 Å². The van der Waals surface area contributed by atoms with Crippen molar-refractivity contribution >= 4 is 16.6 Å². The molecule has 178 valence electrons. The predicted octanol–water partition coefficient (Wildman–Crippen LogP) is 8.36. The maximum Gasteiger partial charge on any atom is 0.193 e. The molecule has 3 heteroatoms. The van der Waals surface area contributed by atoms with E-state index in [1.807, 2.05) is 92.7 Å². The van der Waals surface area contributed by atoms with Crippen molar-refractivity contribution in [2.24, 2.45) is 0 Å². The number of phenolic OH excluding ortho intramolecular Hbond substituents is 1. The van der Waals surface area contributed by atoms with Gasteiger partial charge in [-0.2, -0.15) is 0 Å². The fraction of sp³-hybridized carbons (Fsp3) is 0.156. The summed E-state index contributed by atoms with van der Waals surface area (Å²) in [6, 6.07) is 26.6. The number of carbonyl (C=O) groups is 1. The molecule has 0 saturated carbocycles. The third-order valence-electron chi connectivity index (χ3n) is 5.67. The van der Waals surface area contributed by atoms with Crippen LogP contribution in [0.4, 0.5) is 0 Å². The molecule has 1 N–H and O–H groups in total. The maximum atomic E-state index is 12.2. The molecule has 4 aromatic carbocycles. The van der Waals surface area contributed by atoms with E-state index in [0.29, 0.717) is 11.7 Å². The lowest BCUT2D eigenvalue weighted by Crippen LogP contribution is -2.01. The molecule has 0 heterocycles. The molecule has 0 spiro atoms. The second-order valence-corrected chi connectivity index (χ2v) is 8.66. The van der Waals surface area contributed by atoms with Gasteiger partial charge in [-0.05, 0) is 72.5 Å². The van der Waals surface area contributed by atoms with Gasteiger partial charge < -0.3 is 9.84 Å². The number of phenols is 1. The Balaban J connectivity index is 0.000000196. The second-order valence-electron chi connectivity index (χ2n) is 8.66. The molecular formula is C32H32O3. The van der Waals surface area contributed by atoms with Crippen LogP contribution in [0.3, 0.4) is 0 Å². The molecule has 0 saturated heterocycles. The molecule has 0 unspecified atom stereocenters. The molecule has 0 aliphatic rings. The molecule has 0 bridgehead atoms. The fourth-order valence-corrected chi connectivity index (χ4v) is 3.52. The zero-order chi connectivity index (χ0) is 25.4. The second kappa shape index (κ2) is 11.8. The van der Waals surface area contributed by atoms with Gasteiger partial charge in [0.2, 0.25) is 0 Å². The Bertz CT molecular complexity index is 1330. The average Bonchev–Trinajstić information content (AvgIpc) is 2.87. The first-order valence-electron chi connectivity index (χ1n) is 11.7. The van der Waals surface area contributed by atoms with Crippen LogP contribution >= 0.6 is 0 Å². The van der Waals surface area contributed by atoms with Crippen molar-refractivity contribution in [3.63, 3.8) is 0 Å². The van der Waals surface area contributed by atoms with Gasteiger partial charge in [-0.25, -0.2) is 0 Å². The van der Waals surface area contributed by atoms with E-state index < -0.39 is 0 Å². The number of ketones is 1. The Kier molecular flexibility index (Phi) is 8.63. The smallest absolute Gasteiger partial charge is 0.193 e. The van der Waals surface area contributed by atoms with E-state index in [4.69, 9.17) is 4.74 Å². The van der Waals surface area contributed by atoms with E-state index in [1.165, 1.54) is 11.1 Å². The zero-order valence-corrected chi connectivity index (χ0v) is 20.8. The van der Waals surface area contributed by atoms with Crippen LogP contribution in [0.2, 0.25) is 0 Å². The van der Waals surface area contributed by atoms with E-state index in [1.54, 1.807) is 18.2 Å². The number of allylic oxidation sites excluding steroid dienone is 2. The first-order valence-corrected chi connectivity index (χ1v) is 11.7. The number of rotatable bonds is 6. The molecule has 4 aromatic rings. The molecule has 0 radical (unpaired) electrons. The minimum atomic E-state index is 0.0882. The number of hydrogen-bond acceptors (Lipinski definition) is 3. The minimum absolute atomic E-state index is 0.0882. The number of benzene rings is 4. The van der Waals surface area contributed by atoms with Crippen LogP contribution in [-0.2, 0) is 0 Å². The van der Waals surface area contributed by atoms with Crippen molar-refractivity contribution in [3.05, 3.63) is 132 Å². The lowest BCUT2D eigenvalue weighted by atomic mass is 9.98. The summed E-state index contributed by atoms with van der Waals surface area (Å²) < 4.78 is 5.62. The fourth-order valence-electron chi connectivity index (χ4n) is 3.52. The van der Waals surface area contributed by atoms with Gasteiger partial charge in [-0.3, -0.25) is 4.79 Å². The predicted molar refractivity (Wildman–Crippen MR) is 145 cm³/mol. The molecule has 4 rings (SSSR count). The Morgan fingerprint density at radius 1 is 0.857 bits per heavy atom. The van der Waals surface area contributed by atoms with E-state index >= 15 is 0 Å².